The van der Waals surface area contributed by atoms with Gasteiger partial charge >= 0.3 is 0 Å². The maximum absolute atomic E-state index is 12.6. The van der Waals surface area contributed by atoms with Crippen molar-refractivity contribution in [3.05, 3.63) is 41.5 Å². The van der Waals surface area contributed by atoms with Crippen LogP contribution in [0.3, 0.4) is 0 Å². The van der Waals surface area contributed by atoms with Gasteiger partial charge in [-0.05, 0) is 30.0 Å². The Balaban J connectivity index is 1.78. The quantitative estimate of drug-likeness (QED) is 0.810. The molecule has 1 aliphatic rings. The van der Waals surface area contributed by atoms with Gasteiger partial charge in [0.2, 0.25) is 0 Å². The molecule has 0 unspecified atom stereocenters. The van der Waals surface area contributed by atoms with Crippen molar-refractivity contribution in [1.82, 2.24) is 14.9 Å². The van der Waals surface area contributed by atoms with E-state index in [9.17, 15) is 4.79 Å². The topological polar surface area (TPSA) is 65.4 Å². The van der Waals surface area contributed by atoms with E-state index in [4.69, 9.17) is 9.47 Å². The lowest BCUT2D eigenvalue weighted by Gasteiger charge is -2.26. The number of ether oxygens (including phenoxy) is 2. The second kappa shape index (κ2) is 8.46. The van der Waals surface area contributed by atoms with Crippen LogP contribution in [-0.2, 0) is 13.0 Å². The molecule has 0 fully saturated rings. The van der Waals surface area contributed by atoms with E-state index in [2.05, 4.69) is 34.8 Å². The van der Waals surface area contributed by atoms with Crippen LogP contribution in [0.5, 0.6) is 11.5 Å². The van der Waals surface area contributed by atoms with E-state index in [0.717, 1.165) is 43.1 Å². The summed E-state index contributed by atoms with van der Waals surface area (Å²) in [5.41, 5.74) is 1.84. The molecule has 146 valence electrons. The Bertz CT molecular complexity index is 800. The summed E-state index contributed by atoms with van der Waals surface area (Å²) in [5.74, 6) is 3.19. The molecule has 6 heteroatoms. The van der Waals surface area contributed by atoms with Gasteiger partial charge in [0, 0.05) is 25.4 Å². The number of amides is 1. The van der Waals surface area contributed by atoms with Crippen LogP contribution >= 0.6 is 0 Å². The van der Waals surface area contributed by atoms with Gasteiger partial charge in [-0.25, -0.2) is 4.98 Å². The lowest BCUT2D eigenvalue weighted by Crippen LogP contribution is -2.31. The molecule has 0 aliphatic carbocycles. The molecule has 0 saturated heterocycles. The second-order valence-corrected chi connectivity index (χ2v) is 7.24. The average Bonchev–Trinajstić information content (AvgIpc) is 3.14. The van der Waals surface area contributed by atoms with Gasteiger partial charge < -0.3 is 19.4 Å². The third-order valence-corrected chi connectivity index (χ3v) is 5.48. The summed E-state index contributed by atoms with van der Waals surface area (Å²) in [6, 6.07) is 6.06. The van der Waals surface area contributed by atoms with Gasteiger partial charge in [-0.15, -0.1) is 0 Å². The number of methoxy groups -OCH3 is 2. The summed E-state index contributed by atoms with van der Waals surface area (Å²) >= 11 is 0. The van der Waals surface area contributed by atoms with Gasteiger partial charge in [0.05, 0.1) is 20.4 Å². The summed E-state index contributed by atoms with van der Waals surface area (Å²) in [4.78, 5) is 17.1. The van der Waals surface area contributed by atoms with Gasteiger partial charge in [0.15, 0.2) is 11.5 Å². The van der Waals surface area contributed by atoms with Crippen molar-refractivity contribution in [2.24, 2.45) is 5.92 Å². The fraction of sp³-hybridized carbons (Fsp3) is 0.524. The first-order chi connectivity index (χ1) is 13.1. The van der Waals surface area contributed by atoms with E-state index in [0.29, 0.717) is 24.1 Å². The standard InChI is InChI=1S/C21H29N3O3/c1-5-14(2)11-23-21(25)17-12-22-20-9-7-16(13-24(17)20)15-6-8-18(26-3)19(10-15)27-4/h6,8,10,12,14,16H,5,7,9,11,13H2,1-4H3,(H,23,25)/t14-,16-/m0/s1. The summed E-state index contributed by atoms with van der Waals surface area (Å²) in [5, 5.41) is 3.04. The molecule has 27 heavy (non-hydrogen) atoms. The zero-order valence-electron chi connectivity index (χ0n) is 16.6. The van der Waals surface area contributed by atoms with E-state index < -0.39 is 0 Å². The van der Waals surface area contributed by atoms with Crippen molar-refractivity contribution in [2.45, 2.75) is 45.6 Å². The monoisotopic (exact) mass is 371 g/mol. The van der Waals surface area contributed by atoms with Crippen molar-refractivity contribution in [2.75, 3.05) is 20.8 Å². The molecule has 2 atom stereocenters. The Morgan fingerprint density at radius 2 is 2.11 bits per heavy atom. The molecular formula is C21H29N3O3. The molecule has 2 aromatic rings. The van der Waals surface area contributed by atoms with E-state index in [-0.39, 0.29) is 5.91 Å². The average molecular weight is 371 g/mol. The van der Waals surface area contributed by atoms with Gasteiger partial charge in [0.1, 0.15) is 11.5 Å². The predicted octanol–water partition coefficient (Wildman–Crippen LogP) is 3.41. The highest BCUT2D eigenvalue weighted by Gasteiger charge is 2.26. The lowest BCUT2D eigenvalue weighted by atomic mass is 9.91. The first-order valence-electron chi connectivity index (χ1n) is 9.61. The van der Waals surface area contributed by atoms with Crippen LogP contribution in [0.15, 0.2) is 24.4 Å². The van der Waals surface area contributed by atoms with Crippen LogP contribution in [0.2, 0.25) is 0 Å². The van der Waals surface area contributed by atoms with Crippen LogP contribution in [-0.4, -0.2) is 36.2 Å². The van der Waals surface area contributed by atoms with Crippen LogP contribution in [0, 0.1) is 5.92 Å². The number of nitrogens with one attached hydrogen (secondary N) is 1. The van der Waals surface area contributed by atoms with Crippen LogP contribution in [0.4, 0.5) is 0 Å². The largest absolute Gasteiger partial charge is 0.493 e. The van der Waals surface area contributed by atoms with Gasteiger partial charge in [0.25, 0.3) is 5.91 Å². The molecule has 1 aromatic heterocycles. The first-order valence-corrected chi connectivity index (χ1v) is 9.61. The highest BCUT2D eigenvalue weighted by molar-refractivity contribution is 5.92. The van der Waals surface area contributed by atoms with Crippen LogP contribution in [0.25, 0.3) is 0 Å². The molecule has 1 amide bonds. The van der Waals surface area contributed by atoms with E-state index in [1.807, 2.05) is 12.1 Å². The number of aromatic nitrogens is 2. The molecule has 3 rings (SSSR count). The van der Waals surface area contributed by atoms with Crippen molar-refractivity contribution < 1.29 is 14.3 Å². The third kappa shape index (κ3) is 4.10. The Labute approximate surface area is 160 Å². The minimum Gasteiger partial charge on any atom is -0.493 e. The number of fused-ring (bicyclic) bond motifs is 1. The number of imidazole rings is 1. The Kier molecular flexibility index (Phi) is 6.04. The molecule has 0 spiro atoms. The van der Waals surface area contributed by atoms with E-state index >= 15 is 0 Å². The fourth-order valence-corrected chi connectivity index (χ4v) is 3.49. The minimum absolute atomic E-state index is 0.0398. The number of hydrogen-bond donors (Lipinski definition) is 1. The zero-order chi connectivity index (χ0) is 19.4. The van der Waals surface area contributed by atoms with E-state index in [1.54, 1.807) is 20.4 Å². The molecule has 1 N–H and O–H groups in total. The number of nitrogens with zero attached hydrogens (tertiary/aromatic N) is 2. The van der Waals surface area contributed by atoms with Crippen molar-refractivity contribution in [3.8, 4) is 11.5 Å². The highest BCUT2D eigenvalue weighted by Crippen LogP contribution is 2.35. The van der Waals surface area contributed by atoms with Gasteiger partial charge in [-0.2, -0.15) is 0 Å². The molecule has 1 aromatic carbocycles. The van der Waals surface area contributed by atoms with E-state index in [1.165, 1.54) is 5.56 Å². The lowest BCUT2D eigenvalue weighted by molar-refractivity contribution is 0.0937. The van der Waals surface area contributed by atoms with Gasteiger partial charge in [-0.3, -0.25) is 4.79 Å². The highest BCUT2D eigenvalue weighted by atomic mass is 16.5. The van der Waals surface area contributed by atoms with Crippen molar-refractivity contribution in [1.29, 1.82) is 0 Å². The maximum Gasteiger partial charge on any atom is 0.269 e. The van der Waals surface area contributed by atoms with Crippen LogP contribution < -0.4 is 14.8 Å². The summed E-state index contributed by atoms with van der Waals surface area (Å²) in [6.07, 6.45) is 4.61. The smallest absolute Gasteiger partial charge is 0.269 e. The Morgan fingerprint density at radius 3 is 2.81 bits per heavy atom. The van der Waals surface area contributed by atoms with Crippen molar-refractivity contribution in [3.63, 3.8) is 0 Å². The summed E-state index contributed by atoms with van der Waals surface area (Å²) < 4.78 is 12.8. The van der Waals surface area contributed by atoms with Crippen molar-refractivity contribution >= 4 is 5.91 Å². The molecular weight excluding hydrogens is 342 g/mol. The second-order valence-electron chi connectivity index (χ2n) is 7.24. The fourth-order valence-electron chi connectivity index (χ4n) is 3.49. The summed E-state index contributed by atoms with van der Waals surface area (Å²) in [6.45, 7) is 5.70. The molecule has 0 bridgehead atoms. The molecule has 0 saturated carbocycles. The van der Waals surface area contributed by atoms with Crippen LogP contribution in [0.1, 0.15) is 54.5 Å². The number of aryl methyl sites for hydroxylation is 1. The normalized spacial score (nSPS) is 17.1. The first kappa shape index (κ1) is 19.3. The van der Waals surface area contributed by atoms with Gasteiger partial charge in [-0.1, -0.05) is 26.3 Å². The number of carbonyl (C=O) groups is 1. The predicted molar refractivity (Wildman–Crippen MR) is 105 cm³/mol. The number of hydrogen-bond acceptors (Lipinski definition) is 4. The third-order valence-electron chi connectivity index (χ3n) is 5.48. The number of carbonyl (C=O) groups excluding carboxylic acids is 1. The Morgan fingerprint density at radius 1 is 1.33 bits per heavy atom. The Hall–Kier alpha value is -2.50. The molecule has 0 radical (unpaired) electrons. The minimum atomic E-state index is -0.0398. The number of rotatable bonds is 7. The zero-order valence-corrected chi connectivity index (χ0v) is 16.6. The summed E-state index contributed by atoms with van der Waals surface area (Å²) in [7, 11) is 3.29. The maximum atomic E-state index is 12.6. The number of benzene rings is 1. The molecule has 1 aliphatic heterocycles. The molecule has 6 nitrogen and oxygen atoms in total. The SMILES string of the molecule is CC[C@H](C)CNC(=O)c1cnc2n1C[C@@H](c1ccc(OC)c(OC)c1)CC2. The molecule has 2 heterocycles.